The summed E-state index contributed by atoms with van der Waals surface area (Å²) in [6.07, 6.45) is 7.51. The van der Waals surface area contributed by atoms with Crippen molar-refractivity contribution in [2.45, 2.75) is 44.6 Å². The molecular formula is C11H23BrN2O2S. The maximum atomic E-state index is 11.2. The molecule has 1 N–H and O–H groups in total. The molecule has 102 valence electrons. The Balaban J connectivity index is 2.13. The van der Waals surface area contributed by atoms with Crippen LogP contribution in [0.1, 0.15) is 38.5 Å². The third-order valence-corrected chi connectivity index (χ3v) is 6.09. The topological polar surface area (TPSA) is 49.4 Å². The minimum absolute atomic E-state index is 0.0154. The third-order valence-electron chi connectivity index (χ3n) is 3.35. The molecule has 0 aromatic rings. The van der Waals surface area contributed by atoms with Gasteiger partial charge in [-0.25, -0.2) is 13.1 Å². The molecule has 0 amide bonds. The first-order valence-electron chi connectivity index (χ1n) is 6.29. The molecule has 0 atom stereocenters. The van der Waals surface area contributed by atoms with Gasteiger partial charge in [0, 0.05) is 12.6 Å². The maximum absolute atomic E-state index is 11.2. The molecule has 0 unspecified atom stereocenters. The monoisotopic (exact) mass is 326 g/mol. The maximum Gasteiger partial charge on any atom is 0.221 e. The highest BCUT2D eigenvalue weighted by atomic mass is 79.9. The van der Waals surface area contributed by atoms with Crippen molar-refractivity contribution < 1.29 is 8.42 Å². The summed E-state index contributed by atoms with van der Waals surface area (Å²) in [5.41, 5.74) is 0. The second-order valence-corrected chi connectivity index (χ2v) is 7.85. The first-order valence-corrected chi connectivity index (χ1v) is 9.06. The number of rotatable bonds is 7. The van der Waals surface area contributed by atoms with E-state index in [-0.39, 0.29) is 4.66 Å². The normalized spacial score (nSPS) is 18.8. The van der Waals surface area contributed by atoms with Crippen LogP contribution in [-0.4, -0.2) is 44.2 Å². The van der Waals surface area contributed by atoms with Crippen molar-refractivity contribution in [2.75, 3.05) is 24.8 Å². The van der Waals surface area contributed by atoms with Crippen LogP contribution in [0, 0.1) is 0 Å². The molecule has 1 aliphatic rings. The fourth-order valence-electron chi connectivity index (χ4n) is 2.30. The summed E-state index contributed by atoms with van der Waals surface area (Å²) in [5, 5.41) is 0. The van der Waals surface area contributed by atoms with Gasteiger partial charge >= 0.3 is 0 Å². The third kappa shape index (κ3) is 6.18. The van der Waals surface area contributed by atoms with E-state index >= 15 is 0 Å². The molecule has 4 nitrogen and oxygen atoms in total. The zero-order valence-electron chi connectivity index (χ0n) is 10.5. The van der Waals surface area contributed by atoms with E-state index in [9.17, 15) is 8.42 Å². The van der Waals surface area contributed by atoms with Gasteiger partial charge in [0.1, 0.15) is 4.66 Å². The van der Waals surface area contributed by atoms with E-state index in [1.54, 1.807) is 0 Å². The molecule has 0 heterocycles. The first-order chi connectivity index (χ1) is 8.05. The second kappa shape index (κ2) is 7.71. The number of alkyl halides is 1. The zero-order chi connectivity index (χ0) is 12.7. The number of nitrogens with zero attached hydrogens (tertiary/aromatic N) is 1. The number of hydrogen-bond donors (Lipinski definition) is 1. The van der Waals surface area contributed by atoms with Crippen molar-refractivity contribution in [1.82, 2.24) is 9.62 Å². The minimum Gasteiger partial charge on any atom is -0.303 e. The summed E-state index contributed by atoms with van der Waals surface area (Å²) in [7, 11) is -0.946. The van der Waals surface area contributed by atoms with E-state index in [1.807, 2.05) is 0 Å². The SMILES string of the molecule is CN(CCCNS(=O)(=O)CBr)C1CCCCC1. The molecule has 6 heteroatoms. The lowest BCUT2D eigenvalue weighted by molar-refractivity contribution is 0.190. The highest BCUT2D eigenvalue weighted by Gasteiger charge is 2.17. The van der Waals surface area contributed by atoms with Crippen molar-refractivity contribution in [2.24, 2.45) is 0 Å². The van der Waals surface area contributed by atoms with Crippen LogP contribution < -0.4 is 4.72 Å². The highest BCUT2D eigenvalue weighted by molar-refractivity contribution is 9.10. The summed E-state index contributed by atoms with van der Waals surface area (Å²) in [6, 6.07) is 0.705. The van der Waals surface area contributed by atoms with E-state index in [2.05, 4.69) is 32.6 Å². The average molecular weight is 327 g/mol. The molecule has 1 saturated carbocycles. The summed E-state index contributed by atoms with van der Waals surface area (Å²) < 4.78 is 24.9. The highest BCUT2D eigenvalue weighted by Crippen LogP contribution is 2.21. The van der Waals surface area contributed by atoms with Crippen molar-refractivity contribution in [3.63, 3.8) is 0 Å². The van der Waals surface area contributed by atoms with Crippen molar-refractivity contribution in [1.29, 1.82) is 0 Å². The Morgan fingerprint density at radius 3 is 2.53 bits per heavy atom. The molecule has 0 radical (unpaired) electrons. The van der Waals surface area contributed by atoms with Gasteiger partial charge in [0.25, 0.3) is 0 Å². The Labute approximate surface area is 113 Å². The molecule has 17 heavy (non-hydrogen) atoms. The van der Waals surface area contributed by atoms with Crippen LogP contribution in [0.3, 0.4) is 0 Å². The van der Waals surface area contributed by atoms with Crippen LogP contribution in [-0.2, 0) is 10.0 Å². The van der Waals surface area contributed by atoms with E-state index in [0.29, 0.717) is 12.6 Å². The second-order valence-electron chi connectivity index (χ2n) is 4.74. The van der Waals surface area contributed by atoms with Gasteiger partial charge in [0.2, 0.25) is 10.0 Å². The Kier molecular flexibility index (Phi) is 6.99. The molecule has 1 rings (SSSR count). The Bertz CT molecular complexity index is 303. The van der Waals surface area contributed by atoms with Gasteiger partial charge < -0.3 is 4.90 Å². The van der Waals surface area contributed by atoms with Crippen LogP contribution in [0.25, 0.3) is 0 Å². The summed E-state index contributed by atoms with van der Waals surface area (Å²) >= 11 is 2.95. The quantitative estimate of drug-likeness (QED) is 0.574. The standard InChI is InChI=1S/C11H23BrN2O2S/c1-14(11-6-3-2-4-7-11)9-5-8-13-17(15,16)10-12/h11,13H,2-10H2,1H3. The number of halogens is 1. The molecule has 0 aromatic heterocycles. The fourth-order valence-corrected chi connectivity index (χ4v) is 3.32. The van der Waals surface area contributed by atoms with Crippen LogP contribution in [0.15, 0.2) is 0 Å². The Morgan fingerprint density at radius 2 is 1.94 bits per heavy atom. The molecule has 1 aliphatic carbocycles. The molecule has 0 saturated heterocycles. The van der Waals surface area contributed by atoms with E-state index in [1.165, 1.54) is 32.1 Å². The summed E-state index contributed by atoms with van der Waals surface area (Å²) in [5.74, 6) is 0. The zero-order valence-corrected chi connectivity index (χ0v) is 12.9. The van der Waals surface area contributed by atoms with Gasteiger partial charge in [-0.15, -0.1) is 0 Å². The first kappa shape index (κ1) is 15.4. The lowest BCUT2D eigenvalue weighted by Crippen LogP contribution is -2.35. The van der Waals surface area contributed by atoms with Crippen LogP contribution in [0.4, 0.5) is 0 Å². The summed E-state index contributed by atoms with van der Waals surface area (Å²) in [4.78, 5) is 2.38. The minimum atomic E-state index is -3.09. The number of sulfonamides is 1. The van der Waals surface area contributed by atoms with Crippen LogP contribution >= 0.6 is 15.9 Å². The number of hydrogen-bond acceptors (Lipinski definition) is 3. The van der Waals surface area contributed by atoms with Gasteiger partial charge in [0.05, 0.1) is 0 Å². The van der Waals surface area contributed by atoms with Gasteiger partial charge in [-0.3, -0.25) is 0 Å². The van der Waals surface area contributed by atoms with Gasteiger partial charge in [-0.2, -0.15) is 0 Å². The number of nitrogens with one attached hydrogen (secondary N) is 1. The smallest absolute Gasteiger partial charge is 0.221 e. The van der Waals surface area contributed by atoms with Crippen molar-refractivity contribution in [3.05, 3.63) is 0 Å². The lowest BCUT2D eigenvalue weighted by atomic mass is 9.94. The summed E-state index contributed by atoms with van der Waals surface area (Å²) in [6.45, 7) is 1.50. The van der Waals surface area contributed by atoms with Crippen molar-refractivity contribution in [3.8, 4) is 0 Å². The fraction of sp³-hybridized carbons (Fsp3) is 1.00. The largest absolute Gasteiger partial charge is 0.303 e. The van der Waals surface area contributed by atoms with E-state index in [4.69, 9.17) is 0 Å². The molecule has 0 spiro atoms. The van der Waals surface area contributed by atoms with Gasteiger partial charge in [-0.05, 0) is 32.9 Å². The van der Waals surface area contributed by atoms with Crippen molar-refractivity contribution >= 4 is 26.0 Å². The molecular weight excluding hydrogens is 304 g/mol. The average Bonchev–Trinajstić information content (AvgIpc) is 2.35. The Morgan fingerprint density at radius 1 is 1.29 bits per heavy atom. The predicted octanol–water partition coefficient (Wildman–Crippen LogP) is 1.91. The van der Waals surface area contributed by atoms with Crippen LogP contribution in [0.5, 0.6) is 0 Å². The molecule has 0 aliphatic heterocycles. The van der Waals surface area contributed by atoms with Gasteiger partial charge in [-0.1, -0.05) is 35.2 Å². The van der Waals surface area contributed by atoms with E-state index < -0.39 is 10.0 Å². The van der Waals surface area contributed by atoms with Crippen LogP contribution in [0.2, 0.25) is 0 Å². The molecule has 1 fully saturated rings. The lowest BCUT2D eigenvalue weighted by Gasteiger charge is -2.31. The Hall–Kier alpha value is 0.350. The van der Waals surface area contributed by atoms with E-state index in [0.717, 1.165) is 13.0 Å². The molecule has 0 bridgehead atoms. The predicted molar refractivity (Wildman–Crippen MR) is 74.8 cm³/mol. The molecule has 0 aromatic carbocycles. The van der Waals surface area contributed by atoms with Gasteiger partial charge in [0.15, 0.2) is 0 Å².